The lowest BCUT2D eigenvalue weighted by molar-refractivity contribution is -0.137. The van der Waals surface area contributed by atoms with Crippen LogP contribution in [0.25, 0.3) is 0 Å². The molecule has 7 heteroatoms. The van der Waals surface area contributed by atoms with Gasteiger partial charge < -0.3 is 29.9 Å². The van der Waals surface area contributed by atoms with Crippen molar-refractivity contribution in [2.75, 3.05) is 39.5 Å². The number of hydrogen-bond acceptors (Lipinski definition) is 6. The molecule has 0 spiro atoms. The van der Waals surface area contributed by atoms with Gasteiger partial charge in [0.2, 0.25) is 0 Å². The second-order valence-electron chi connectivity index (χ2n) is 8.17. The first kappa shape index (κ1) is 21.6. The maximum absolute atomic E-state index is 12.3. The van der Waals surface area contributed by atoms with Crippen molar-refractivity contribution in [3.63, 3.8) is 0 Å². The Morgan fingerprint density at radius 2 is 1.94 bits per heavy atom. The Morgan fingerprint density at radius 3 is 2.71 bits per heavy atom. The van der Waals surface area contributed by atoms with Gasteiger partial charge in [0.05, 0.1) is 19.3 Å². The number of hydrogen-bond donors (Lipinski definition) is 3. The van der Waals surface area contributed by atoms with Crippen LogP contribution in [-0.2, 0) is 22.4 Å². The first-order chi connectivity index (χ1) is 15.1. The number of nitrogens with zero attached hydrogens (tertiary/aromatic N) is 1. The number of carbonyl (C=O) groups is 1. The van der Waals surface area contributed by atoms with Crippen LogP contribution in [0.1, 0.15) is 29.2 Å². The summed E-state index contributed by atoms with van der Waals surface area (Å²) in [4.78, 5) is 14.1. The highest BCUT2D eigenvalue weighted by atomic mass is 16.5. The maximum Gasteiger partial charge on any atom is 0.260 e. The van der Waals surface area contributed by atoms with Gasteiger partial charge in [-0.2, -0.15) is 0 Å². The van der Waals surface area contributed by atoms with Crippen LogP contribution < -0.4 is 10.1 Å². The predicted octanol–water partition coefficient (Wildman–Crippen LogP) is 1.81. The Kier molecular flexibility index (Phi) is 7.06. The molecule has 0 bridgehead atoms. The number of morpholine rings is 1. The van der Waals surface area contributed by atoms with E-state index in [0.717, 1.165) is 24.8 Å². The first-order valence-corrected chi connectivity index (χ1v) is 10.9. The number of carbonyl (C=O) groups excluding carboxylic acids is 1. The number of aliphatic hydroxyl groups excluding tert-OH is 1. The third-order valence-electron chi connectivity index (χ3n) is 6.01. The largest absolute Gasteiger partial charge is 0.508 e. The quantitative estimate of drug-likeness (QED) is 0.626. The SMILES string of the molecule is O=C(COc1ccc2c(c1)C[C@@H](NC[C@@H](O)c1ccc(O)cc1)CC2)N1CCOCC1. The van der Waals surface area contributed by atoms with Crippen molar-refractivity contribution in [3.8, 4) is 11.5 Å². The zero-order valence-corrected chi connectivity index (χ0v) is 17.6. The normalized spacial score (nSPS) is 19.5. The molecule has 0 radical (unpaired) electrons. The molecule has 1 fully saturated rings. The van der Waals surface area contributed by atoms with Crippen molar-refractivity contribution >= 4 is 5.91 Å². The first-order valence-electron chi connectivity index (χ1n) is 10.9. The van der Waals surface area contributed by atoms with Crippen LogP contribution >= 0.6 is 0 Å². The van der Waals surface area contributed by atoms with Crippen LogP contribution in [0.15, 0.2) is 42.5 Å². The van der Waals surface area contributed by atoms with E-state index < -0.39 is 6.10 Å². The van der Waals surface area contributed by atoms with Gasteiger partial charge in [-0.25, -0.2) is 0 Å². The molecule has 1 aliphatic carbocycles. The van der Waals surface area contributed by atoms with Crippen molar-refractivity contribution in [1.82, 2.24) is 10.2 Å². The molecule has 0 saturated carbocycles. The Bertz CT molecular complexity index is 880. The molecule has 4 rings (SSSR count). The Labute approximate surface area is 182 Å². The minimum absolute atomic E-state index is 0.0104. The zero-order chi connectivity index (χ0) is 21.6. The van der Waals surface area contributed by atoms with Gasteiger partial charge in [0.1, 0.15) is 11.5 Å². The minimum atomic E-state index is -0.622. The molecule has 3 N–H and O–H groups in total. The number of phenolic OH excluding ortho intramolecular Hbond substituents is 1. The fraction of sp³-hybridized carbons (Fsp3) is 0.458. The van der Waals surface area contributed by atoms with E-state index in [-0.39, 0.29) is 24.3 Å². The Balaban J connectivity index is 1.28. The molecule has 0 unspecified atom stereocenters. The molecule has 7 nitrogen and oxygen atoms in total. The lowest BCUT2D eigenvalue weighted by atomic mass is 9.88. The van der Waals surface area contributed by atoms with Gasteiger partial charge in [-0.05, 0) is 60.2 Å². The summed E-state index contributed by atoms with van der Waals surface area (Å²) in [6.07, 6.45) is 2.20. The van der Waals surface area contributed by atoms with Crippen molar-refractivity contribution in [1.29, 1.82) is 0 Å². The highest BCUT2D eigenvalue weighted by molar-refractivity contribution is 5.77. The molecule has 0 aromatic heterocycles. The smallest absolute Gasteiger partial charge is 0.260 e. The number of amides is 1. The number of aryl methyl sites for hydroxylation is 1. The van der Waals surface area contributed by atoms with Crippen molar-refractivity contribution in [3.05, 3.63) is 59.2 Å². The number of aromatic hydroxyl groups is 1. The van der Waals surface area contributed by atoms with Crippen LogP contribution in [0, 0.1) is 0 Å². The van der Waals surface area contributed by atoms with Gasteiger partial charge in [0.25, 0.3) is 5.91 Å². The van der Waals surface area contributed by atoms with E-state index >= 15 is 0 Å². The van der Waals surface area contributed by atoms with E-state index in [9.17, 15) is 15.0 Å². The van der Waals surface area contributed by atoms with Crippen LogP contribution in [0.4, 0.5) is 0 Å². The number of nitrogens with one attached hydrogen (secondary N) is 1. The van der Waals surface area contributed by atoms with Crippen molar-refractivity contribution < 1.29 is 24.5 Å². The lowest BCUT2D eigenvalue weighted by Gasteiger charge is -2.28. The molecule has 1 aliphatic heterocycles. The van der Waals surface area contributed by atoms with Crippen LogP contribution in [-0.4, -0.2) is 66.5 Å². The molecule has 1 saturated heterocycles. The number of phenols is 1. The summed E-state index contributed by atoms with van der Waals surface area (Å²) in [5, 5.41) is 23.3. The number of aliphatic hydroxyl groups is 1. The van der Waals surface area contributed by atoms with Gasteiger partial charge in [-0.3, -0.25) is 4.79 Å². The van der Waals surface area contributed by atoms with Crippen LogP contribution in [0.5, 0.6) is 11.5 Å². The summed E-state index contributed by atoms with van der Waals surface area (Å²) < 4.78 is 11.1. The summed E-state index contributed by atoms with van der Waals surface area (Å²) in [6, 6.07) is 13.0. The van der Waals surface area contributed by atoms with E-state index in [1.54, 1.807) is 29.2 Å². The fourth-order valence-electron chi connectivity index (χ4n) is 4.14. The van der Waals surface area contributed by atoms with Crippen molar-refractivity contribution in [2.24, 2.45) is 0 Å². The van der Waals surface area contributed by atoms with E-state index in [2.05, 4.69) is 11.4 Å². The zero-order valence-electron chi connectivity index (χ0n) is 17.6. The molecule has 2 atom stereocenters. The topological polar surface area (TPSA) is 91.3 Å². The summed E-state index contributed by atoms with van der Waals surface area (Å²) >= 11 is 0. The van der Waals surface area contributed by atoms with Gasteiger partial charge in [-0.1, -0.05) is 18.2 Å². The summed E-state index contributed by atoms with van der Waals surface area (Å²) in [7, 11) is 0. The van der Waals surface area contributed by atoms with Gasteiger partial charge in [0, 0.05) is 25.7 Å². The Morgan fingerprint density at radius 1 is 1.16 bits per heavy atom. The number of fused-ring (bicyclic) bond motifs is 1. The van der Waals surface area contributed by atoms with Gasteiger partial charge in [0.15, 0.2) is 6.61 Å². The third-order valence-corrected chi connectivity index (χ3v) is 6.01. The monoisotopic (exact) mass is 426 g/mol. The van der Waals surface area contributed by atoms with E-state index in [1.807, 2.05) is 12.1 Å². The van der Waals surface area contributed by atoms with Crippen LogP contribution in [0.2, 0.25) is 0 Å². The number of ether oxygens (including phenoxy) is 2. The average Bonchev–Trinajstić information content (AvgIpc) is 2.81. The molecular weight excluding hydrogens is 396 g/mol. The number of rotatable bonds is 7. The predicted molar refractivity (Wildman–Crippen MR) is 116 cm³/mol. The molecule has 1 heterocycles. The van der Waals surface area contributed by atoms with E-state index in [4.69, 9.17) is 9.47 Å². The molecule has 2 aromatic carbocycles. The fourth-order valence-corrected chi connectivity index (χ4v) is 4.14. The van der Waals surface area contributed by atoms with E-state index in [1.165, 1.54) is 11.1 Å². The minimum Gasteiger partial charge on any atom is -0.508 e. The lowest BCUT2D eigenvalue weighted by Crippen LogP contribution is -2.43. The van der Waals surface area contributed by atoms with E-state index in [0.29, 0.717) is 38.6 Å². The summed E-state index contributed by atoms with van der Waals surface area (Å²) in [6.45, 7) is 2.90. The molecule has 166 valence electrons. The maximum atomic E-state index is 12.3. The van der Waals surface area contributed by atoms with Crippen molar-refractivity contribution in [2.45, 2.75) is 31.4 Å². The number of benzene rings is 2. The summed E-state index contributed by atoms with van der Waals surface area (Å²) in [5.41, 5.74) is 3.31. The highest BCUT2D eigenvalue weighted by Crippen LogP contribution is 2.26. The molecular formula is C24H30N2O5. The summed E-state index contributed by atoms with van der Waals surface area (Å²) in [5.74, 6) is 0.895. The van der Waals surface area contributed by atoms with Gasteiger partial charge >= 0.3 is 0 Å². The molecule has 2 aliphatic rings. The van der Waals surface area contributed by atoms with Gasteiger partial charge in [-0.15, -0.1) is 0 Å². The average molecular weight is 427 g/mol. The molecule has 1 amide bonds. The highest BCUT2D eigenvalue weighted by Gasteiger charge is 2.21. The third kappa shape index (κ3) is 5.76. The molecule has 31 heavy (non-hydrogen) atoms. The second kappa shape index (κ2) is 10.1. The Hall–Kier alpha value is -2.61. The molecule has 2 aromatic rings. The van der Waals surface area contributed by atoms with Crippen LogP contribution in [0.3, 0.4) is 0 Å². The second-order valence-corrected chi connectivity index (χ2v) is 8.17. The standard InChI is InChI=1S/C24H30N2O5/c27-21-6-2-18(3-7-21)23(28)15-25-20-5-1-17-4-8-22(14-19(17)13-20)31-16-24(29)26-9-11-30-12-10-26/h2-4,6-8,14,20,23,25,27-28H,1,5,9-13,15-16H2/t20-,23+/m0/s1.